The number of halogens is 2. The van der Waals surface area contributed by atoms with Crippen molar-refractivity contribution in [2.75, 3.05) is 13.6 Å². The number of carbonyl (C=O) groups is 1. The van der Waals surface area contributed by atoms with Gasteiger partial charge in [-0.2, -0.15) is 0 Å². The highest BCUT2D eigenvalue weighted by Crippen LogP contribution is 2.48. The Morgan fingerprint density at radius 2 is 2.20 bits per heavy atom. The van der Waals surface area contributed by atoms with E-state index in [1.807, 2.05) is 0 Å². The molecule has 3 rings (SSSR count). The van der Waals surface area contributed by atoms with Crippen LogP contribution in [0.4, 0.5) is 4.39 Å². The van der Waals surface area contributed by atoms with Crippen LogP contribution < -0.4 is 0 Å². The Morgan fingerprint density at radius 1 is 1.40 bits per heavy atom. The van der Waals surface area contributed by atoms with Crippen LogP contribution in [0.5, 0.6) is 0 Å². The van der Waals surface area contributed by atoms with E-state index < -0.39 is 5.82 Å². The number of benzene rings is 1. The minimum Gasteiger partial charge on any atom is -0.341 e. The Kier molecular flexibility index (Phi) is 3.85. The van der Waals surface area contributed by atoms with Gasteiger partial charge in [0.1, 0.15) is 5.82 Å². The van der Waals surface area contributed by atoms with Crippen molar-refractivity contribution in [1.29, 1.82) is 0 Å². The molecule has 1 aromatic carbocycles. The first kappa shape index (κ1) is 14.1. The number of nitrogens with zero attached hydrogens (tertiary/aromatic N) is 1. The Balaban J connectivity index is 1.69. The maximum atomic E-state index is 13.8. The van der Waals surface area contributed by atoms with Crippen molar-refractivity contribution in [3.8, 4) is 0 Å². The maximum Gasteiger partial charge on any atom is 0.256 e. The lowest BCUT2D eigenvalue weighted by atomic mass is 9.88. The molecule has 1 amide bonds. The van der Waals surface area contributed by atoms with Gasteiger partial charge in [-0.25, -0.2) is 4.39 Å². The van der Waals surface area contributed by atoms with Crippen molar-refractivity contribution in [2.45, 2.75) is 25.7 Å². The molecule has 0 saturated heterocycles. The van der Waals surface area contributed by atoms with Crippen LogP contribution in [0.1, 0.15) is 36.0 Å². The minimum atomic E-state index is -0.446. The van der Waals surface area contributed by atoms with Gasteiger partial charge in [0.2, 0.25) is 0 Å². The molecule has 2 nitrogen and oxygen atoms in total. The molecule has 3 atom stereocenters. The minimum absolute atomic E-state index is 0.157. The van der Waals surface area contributed by atoms with Gasteiger partial charge in [-0.1, -0.05) is 22.4 Å². The van der Waals surface area contributed by atoms with Crippen molar-refractivity contribution >= 4 is 21.8 Å². The quantitative estimate of drug-likeness (QED) is 0.811. The summed E-state index contributed by atoms with van der Waals surface area (Å²) in [5.41, 5.74) is 0.157. The van der Waals surface area contributed by atoms with E-state index in [2.05, 4.69) is 15.9 Å². The molecule has 2 bridgehead atoms. The molecule has 0 N–H and O–H groups in total. The van der Waals surface area contributed by atoms with Crippen molar-refractivity contribution < 1.29 is 9.18 Å². The highest BCUT2D eigenvalue weighted by Gasteiger charge is 2.40. The van der Waals surface area contributed by atoms with Gasteiger partial charge in [-0.15, -0.1) is 0 Å². The monoisotopic (exact) mass is 339 g/mol. The van der Waals surface area contributed by atoms with E-state index in [0.29, 0.717) is 5.92 Å². The average Bonchev–Trinajstić information content (AvgIpc) is 3.03. The summed E-state index contributed by atoms with van der Waals surface area (Å²) in [6.07, 6.45) is 5.24. The maximum absolute atomic E-state index is 13.8. The fourth-order valence-corrected chi connectivity index (χ4v) is 4.26. The summed E-state index contributed by atoms with van der Waals surface area (Å²) in [5.74, 6) is 1.60. The van der Waals surface area contributed by atoms with E-state index >= 15 is 0 Å². The molecule has 0 radical (unpaired) electrons. The molecular weight excluding hydrogens is 321 g/mol. The zero-order chi connectivity index (χ0) is 14.3. The van der Waals surface area contributed by atoms with E-state index in [-0.39, 0.29) is 11.5 Å². The summed E-state index contributed by atoms with van der Waals surface area (Å²) in [4.78, 5) is 14.1. The average molecular weight is 340 g/mol. The van der Waals surface area contributed by atoms with E-state index in [0.717, 1.165) is 22.9 Å². The largest absolute Gasteiger partial charge is 0.341 e. The second kappa shape index (κ2) is 5.47. The second-order valence-electron chi connectivity index (χ2n) is 6.24. The van der Waals surface area contributed by atoms with Crippen LogP contribution in [0, 0.1) is 23.6 Å². The first-order valence-corrected chi connectivity index (χ1v) is 8.04. The Hall–Kier alpha value is -0.900. The topological polar surface area (TPSA) is 20.3 Å². The molecule has 2 aliphatic rings. The third-order valence-electron chi connectivity index (χ3n) is 4.90. The van der Waals surface area contributed by atoms with Crippen LogP contribution in [0.3, 0.4) is 0 Å². The van der Waals surface area contributed by atoms with Gasteiger partial charge in [0.25, 0.3) is 5.91 Å². The zero-order valence-corrected chi connectivity index (χ0v) is 13.2. The molecule has 0 spiro atoms. The molecule has 4 heteroatoms. The number of hydrogen-bond donors (Lipinski definition) is 0. The van der Waals surface area contributed by atoms with Gasteiger partial charge >= 0.3 is 0 Å². The van der Waals surface area contributed by atoms with E-state index in [1.54, 1.807) is 24.1 Å². The van der Waals surface area contributed by atoms with Gasteiger partial charge in [0.15, 0.2) is 0 Å². The fraction of sp³-hybridized carbons (Fsp3) is 0.562. The van der Waals surface area contributed by atoms with Crippen LogP contribution in [0.2, 0.25) is 0 Å². The van der Waals surface area contributed by atoms with Crippen molar-refractivity contribution in [3.63, 3.8) is 0 Å². The fourth-order valence-electron chi connectivity index (χ4n) is 3.90. The molecule has 0 aromatic heterocycles. The molecule has 0 heterocycles. The summed E-state index contributed by atoms with van der Waals surface area (Å²) >= 11 is 3.29. The lowest BCUT2D eigenvalue weighted by molar-refractivity contribution is 0.0749. The van der Waals surface area contributed by atoms with Crippen LogP contribution >= 0.6 is 15.9 Å². The summed E-state index contributed by atoms with van der Waals surface area (Å²) < 4.78 is 14.5. The third-order valence-corrected chi connectivity index (χ3v) is 5.39. The Morgan fingerprint density at radius 3 is 2.85 bits per heavy atom. The third kappa shape index (κ3) is 2.62. The summed E-state index contributed by atoms with van der Waals surface area (Å²) in [7, 11) is 1.79. The van der Waals surface area contributed by atoms with Gasteiger partial charge < -0.3 is 4.90 Å². The first-order valence-electron chi connectivity index (χ1n) is 7.25. The van der Waals surface area contributed by atoms with Gasteiger partial charge in [-0.3, -0.25) is 4.79 Å². The van der Waals surface area contributed by atoms with Crippen LogP contribution in [0.15, 0.2) is 22.7 Å². The predicted molar refractivity (Wildman–Crippen MR) is 80.0 cm³/mol. The number of rotatable bonds is 3. The molecule has 1 aromatic rings. The highest BCUT2D eigenvalue weighted by atomic mass is 79.9. The number of carbonyl (C=O) groups excluding carboxylic acids is 1. The molecule has 2 fully saturated rings. The highest BCUT2D eigenvalue weighted by molar-refractivity contribution is 9.10. The van der Waals surface area contributed by atoms with E-state index in [1.165, 1.54) is 31.7 Å². The van der Waals surface area contributed by atoms with Crippen LogP contribution in [-0.2, 0) is 0 Å². The first-order chi connectivity index (χ1) is 9.54. The second-order valence-corrected chi connectivity index (χ2v) is 7.16. The molecule has 20 heavy (non-hydrogen) atoms. The molecule has 3 unspecified atom stereocenters. The van der Waals surface area contributed by atoms with Crippen molar-refractivity contribution in [1.82, 2.24) is 4.90 Å². The standard InChI is InChI=1S/C16H19BrFNO/c1-19(9-12-7-10-2-3-11(12)6-10)16(20)14-8-13(17)4-5-15(14)18/h4-5,8,10-12H,2-3,6-7,9H2,1H3. The predicted octanol–water partition coefficient (Wildman–Crippen LogP) is 4.10. The molecule has 108 valence electrons. The molecule has 0 aliphatic heterocycles. The van der Waals surface area contributed by atoms with Crippen LogP contribution in [0.25, 0.3) is 0 Å². The van der Waals surface area contributed by atoms with Crippen molar-refractivity contribution in [2.24, 2.45) is 17.8 Å². The van der Waals surface area contributed by atoms with Crippen LogP contribution in [-0.4, -0.2) is 24.4 Å². The van der Waals surface area contributed by atoms with Crippen molar-refractivity contribution in [3.05, 3.63) is 34.1 Å². The smallest absolute Gasteiger partial charge is 0.256 e. The van der Waals surface area contributed by atoms with E-state index in [4.69, 9.17) is 0 Å². The van der Waals surface area contributed by atoms with Gasteiger partial charge in [0.05, 0.1) is 5.56 Å². The Labute approximate surface area is 127 Å². The number of amides is 1. The number of hydrogen-bond acceptors (Lipinski definition) is 1. The van der Waals surface area contributed by atoms with Gasteiger partial charge in [-0.05, 0) is 55.2 Å². The zero-order valence-electron chi connectivity index (χ0n) is 11.6. The lowest BCUT2D eigenvalue weighted by Gasteiger charge is -2.27. The summed E-state index contributed by atoms with van der Waals surface area (Å²) in [6.45, 7) is 0.756. The molecule has 2 aliphatic carbocycles. The molecular formula is C16H19BrFNO. The summed E-state index contributed by atoms with van der Waals surface area (Å²) in [5, 5.41) is 0. The van der Waals surface area contributed by atoms with E-state index in [9.17, 15) is 9.18 Å². The Bertz CT molecular complexity index is 533. The number of fused-ring (bicyclic) bond motifs is 2. The molecule has 2 saturated carbocycles. The SMILES string of the molecule is CN(CC1CC2CCC1C2)C(=O)c1cc(Br)ccc1F. The summed E-state index contributed by atoms with van der Waals surface area (Å²) in [6, 6.07) is 4.51. The normalized spacial score (nSPS) is 27.9. The van der Waals surface area contributed by atoms with Gasteiger partial charge in [0, 0.05) is 18.1 Å². The lowest BCUT2D eigenvalue weighted by Crippen LogP contribution is -2.34.